The third-order valence-corrected chi connectivity index (χ3v) is 3.46. The van der Waals surface area contributed by atoms with E-state index in [4.69, 9.17) is 0 Å². The molecule has 0 saturated carbocycles. The molecule has 1 aromatic carbocycles. The van der Waals surface area contributed by atoms with Crippen molar-refractivity contribution in [2.45, 2.75) is 18.1 Å². The fourth-order valence-corrected chi connectivity index (χ4v) is 2.29. The first-order valence-corrected chi connectivity index (χ1v) is 7.08. The van der Waals surface area contributed by atoms with E-state index in [1.807, 2.05) is 0 Å². The third kappa shape index (κ3) is 3.22. The molecule has 0 saturated heterocycles. The normalized spacial score (nSPS) is 12.3. The topological polar surface area (TPSA) is 90.9 Å². The van der Waals surface area contributed by atoms with E-state index >= 15 is 0 Å². The van der Waals surface area contributed by atoms with Gasteiger partial charge < -0.3 is 4.57 Å². The average Bonchev–Trinajstić information content (AvgIpc) is 2.85. The van der Waals surface area contributed by atoms with Gasteiger partial charge in [0.15, 0.2) is 0 Å². The Bertz CT molecular complexity index is 609. The zero-order valence-corrected chi connectivity index (χ0v) is 11.0. The van der Waals surface area contributed by atoms with Crippen LogP contribution in [0.15, 0.2) is 35.7 Å². The molecular formula is C11H12N4O3S. The van der Waals surface area contributed by atoms with Crippen molar-refractivity contribution in [3.8, 4) is 0 Å². The Kier molecular flexibility index (Phi) is 4.00. The minimum atomic E-state index is -1.18. The number of benzene rings is 1. The van der Waals surface area contributed by atoms with Crippen LogP contribution < -0.4 is 0 Å². The van der Waals surface area contributed by atoms with Crippen molar-refractivity contribution < 1.29 is 9.13 Å². The van der Waals surface area contributed by atoms with Crippen molar-refractivity contribution in [1.82, 2.24) is 14.8 Å². The number of non-ortho nitro benzene ring substituents is 1. The lowest BCUT2D eigenvalue weighted by Gasteiger charge is -2.04. The fourth-order valence-electron chi connectivity index (χ4n) is 1.65. The molecule has 0 aliphatic carbocycles. The number of nitro groups is 1. The van der Waals surface area contributed by atoms with E-state index in [-0.39, 0.29) is 5.69 Å². The monoisotopic (exact) mass is 280 g/mol. The first kappa shape index (κ1) is 13.3. The van der Waals surface area contributed by atoms with Gasteiger partial charge in [0.1, 0.15) is 6.33 Å². The Morgan fingerprint density at radius 1 is 1.37 bits per heavy atom. The molecule has 100 valence electrons. The van der Waals surface area contributed by atoms with Crippen LogP contribution in [-0.2, 0) is 23.8 Å². The molecular weight excluding hydrogens is 268 g/mol. The Balaban J connectivity index is 2.04. The van der Waals surface area contributed by atoms with E-state index in [0.717, 1.165) is 5.56 Å². The van der Waals surface area contributed by atoms with E-state index in [9.17, 15) is 14.3 Å². The predicted octanol–water partition coefficient (Wildman–Crippen LogP) is 1.17. The Morgan fingerprint density at radius 3 is 2.63 bits per heavy atom. The second-order valence-corrected chi connectivity index (χ2v) is 5.21. The van der Waals surface area contributed by atoms with E-state index in [2.05, 4.69) is 10.2 Å². The SMILES string of the molecule is C[S@](=O)c1nncn1CCc1ccc([N+](=O)[O-])cc1. The molecule has 0 fully saturated rings. The molecule has 0 spiro atoms. The minimum Gasteiger partial charge on any atom is -0.306 e. The average molecular weight is 280 g/mol. The van der Waals surface area contributed by atoms with Crippen LogP contribution in [0.25, 0.3) is 0 Å². The summed E-state index contributed by atoms with van der Waals surface area (Å²) in [5, 5.41) is 18.5. The molecule has 0 bridgehead atoms. The first-order chi connectivity index (χ1) is 9.08. The molecule has 1 heterocycles. The maximum Gasteiger partial charge on any atom is 0.269 e. The van der Waals surface area contributed by atoms with Crippen LogP contribution in [0.1, 0.15) is 5.56 Å². The molecule has 2 rings (SSSR count). The van der Waals surface area contributed by atoms with Gasteiger partial charge in [-0.15, -0.1) is 10.2 Å². The molecule has 7 nitrogen and oxygen atoms in total. The van der Waals surface area contributed by atoms with Crippen LogP contribution in [0.2, 0.25) is 0 Å². The van der Waals surface area contributed by atoms with Gasteiger partial charge in [-0.05, 0) is 12.0 Å². The smallest absolute Gasteiger partial charge is 0.269 e. The van der Waals surface area contributed by atoms with Gasteiger partial charge in [0.05, 0.1) is 15.7 Å². The van der Waals surface area contributed by atoms with Gasteiger partial charge in [-0.3, -0.25) is 14.3 Å². The number of aromatic nitrogens is 3. The van der Waals surface area contributed by atoms with Gasteiger partial charge >= 0.3 is 0 Å². The summed E-state index contributed by atoms with van der Waals surface area (Å²) in [6.07, 6.45) is 3.74. The molecule has 1 aromatic heterocycles. The van der Waals surface area contributed by atoms with Gasteiger partial charge in [-0.2, -0.15) is 0 Å². The van der Waals surface area contributed by atoms with Gasteiger partial charge in [0, 0.05) is 24.9 Å². The lowest BCUT2D eigenvalue weighted by Crippen LogP contribution is -2.06. The summed E-state index contributed by atoms with van der Waals surface area (Å²) in [7, 11) is -1.18. The second-order valence-electron chi connectivity index (χ2n) is 3.93. The van der Waals surface area contributed by atoms with Crippen molar-refractivity contribution in [3.05, 3.63) is 46.3 Å². The van der Waals surface area contributed by atoms with Crippen LogP contribution in [-0.4, -0.2) is 30.2 Å². The Morgan fingerprint density at radius 2 is 2.05 bits per heavy atom. The van der Waals surface area contributed by atoms with Crippen molar-refractivity contribution in [2.24, 2.45) is 0 Å². The second kappa shape index (κ2) is 5.70. The minimum absolute atomic E-state index is 0.0726. The fraction of sp³-hybridized carbons (Fsp3) is 0.273. The molecule has 0 radical (unpaired) electrons. The van der Waals surface area contributed by atoms with Crippen LogP contribution in [0, 0.1) is 10.1 Å². The van der Waals surface area contributed by atoms with Gasteiger partial charge in [-0.1, -0.05) is 12.1 Å². The quantitative estimate of drug-likeness (QED) is 0.605. The standard InChI is InChI=1S/C11H12N4O3S/c1-19(18)11-13-12-8-14(11)7-6-9-2-4-10(5-3-9)15(16)17/h2-5,8H,6-7H2,1H3/t19-/m0/s1. The number of hydrogen-bond acceptors (Lipinski definition) is 5. The summed E-state index contributed by atoms with van der Waals surface area (Å²) in [6.45, 7) is 0.583. The highest BCUT2D eigenvalue weighted by atomic mass is 32.2. The lowest BCUT2D eigenvalue weighted by atomic mass is 10.1. The highest BCUT2D eigenvalue weighted by molar-refractivity contribution is 7.84. The zero-order valence-electron chi connectivity index (χ0n) is 10.2. The molecule has 1 atom stereocenters. The molecule has 0 aliphatic rings. The number of nitro benzene ring substituents is 1. The van der Waals surface area contributed by atoms with Crippen molar-refractivity contribution >= 4 is 16.5 Å². The molecule has 0 N–H and O–H groups in total. The summed E-state index contributed by atoms with van der Waals surface area (Å²) in [5.74, 6) is 0. The molecule has 8 heteroatoms. The summed E-state index contributed by atoms with van der Waals surface area (Å²) < 4.78 is 13.1. The Hall–Kier alpha value is -2.09. The summed E-state index contributed by atoms with van der Waals surface area (Å²) in [5.41, 5.74) is 1.04. The Labute approximate surface area is 111 Å². The third-order valence-electron chi connectivity index (χ3n) is 2.63. The molecule has 0 unspecified atom stereocenters. The van der Waals surface area contributed by atoms with Gasteiger partial charge in [-0.25, -0.2) is 0 Å². The van der Waals surface area contributed by atoms with Crippen LogP contribution in [0.5, 0.6) is 0 Å². The number of rotatable bonds is 5. The van der Waals surface area contributed by atoms with E-state index < -0.39 is 15.7 Å². The van der Waals surface area contributed by atoms with E-state index in [1.165, 1.54) is 18.5 Å². The maximum atomic E-state index is 11.4. The van der Waals surface area contributed by atoms with Crippen molar-refractivity contribution in [3.63, 3.8) is 0 Å². The number of nitrogens with zero attached hydrogens (tertiary/aromatic N) is 4. The van der Waals surface area contributed by atoms with Crippen LogP contribution in [0.3, 0.4) is 0 Å². The zero-order chi connectivity index (χ0) is 13.8. The highest BCUT2D eigenvalue weighted by Gasteiger charge is 2.08. The van der Waals surface area contributed by atoms with Gasteiger partial charge in [0.2, 0.25) is 5.16 Å². The maximum absolute atomic E-state index is 11.4. The molecule has 2 aromatic rings. The van der Waals surface area contributed by atoms with E-state index in [0.29, 0.717) is 18.1 Å². The predicted molar refractivity (Wildman–Crippen MR) is 69.2 cm³/mol. The van der Waals surface area contributed by atoms with E-state index in [1.54, 1.807) is 23.0 Å². The number of hydrogen-bond donors (Lipinski definition) is 0. The molecule has 19 heavy (non-hydrogen) atoms. The van der Waals surface area contributed by atoms with Gasteiger partial charge in [0.25, 0.3) is 5.69 Å². The summed E-state index contributed by atoms with van der Waals surface area (Å²) in [6, 6.07) is 6.37. The van der Waals surface area contributed by atoms with Crippen LogP contribution >= 0.6 is 0 Å². The summed E-state index contributed by atoms with van der Waals surface area (Å²) >= 11 is 0. The van der Waals surface area contributed by atoms with Crippen molar-refractivity contribution in [1.29, 1.82) is 0 Å². The first-order valence-electron chi connectivity index (χ1n) is 5.52. The molecule has 0 aliphatic heterocycles. The van der Waals surface area contributed by atoms with Crippen molar-refractivity contribution in [2.75, 3.05) is 6.26 Å². The highest BCUT2D eigenvalue weighted by Crippen LogP contribution is 2.13. The number of aryl methyl sites for hydroxylation is 2. The molecule has 0 amide bonds. The lowest BCUT2D eigenvalue weighted by molar-refractivity contribution is -0.384. The van der Waals surface area contributed by atoms with Crippen LogP contribution in [0.4, 0.5) is 5.69 Å². The largest absolute Gasteiger partial charge is 0.306 e. The summed E-state index contributed by atoms with van der Waals surface area (Å²) in [4.78, 5) is 10.1.